The molecule has 0 aromatic heterocycles. The molecular formula is C18H19NO2. The highest BCUT2D eigenvalue weighted by molar-refractivity contribution is 5.92. The molecule has 0 bridgehead atoms. The SMILES string of the molecule is CCOC(=O)C(N)=Cc1ccccc1Cc1ccccc1. The van der Waals surface area contributed by atoms with Crippen LogP contribution >= 0.6 is 0 Å². The fourth-order valence-corrected chi connectivity index (χ4v) is 2.09. The predicted octanol–water partition coefficient (Wildman–Crippen LogP) is 3.14. The second-order valence-corrected chi connectivity index (χ2v) is 4.68. The molecule has 0 radical (unpaired) electrons. The first kappa shape index (κ1) is 14.9. The molecule has 108 valence electrons. The minimum Gasteiger partial charge on any atom is -0.461 e. The van der Waals surface area contributed by atoms with Crippen LogP contribution in [0.5, 0.6) is 0 Å². The van der Waals surface area contributed by atoms with Crippen LogP contribution in [0.25, 0.3) is 6.08 Å². The summed E-state index contributed by atoms with van der Waals surface area (Å²) in [5.74, 6) is -0.480. The van der Waals surface area contributed by atoms with Crippen LogP contribution < -0.4 is 5.73 Å². The van der Waals surface area contributed by atoms with Crippen molar-refractivity contribution in [3.8, 4) is 0 Å². The lowest BCUT2D eigenvalue weighted by molar-refractivity contribution is -0.138. The van der Waals surface area contributed by atoms with E-state index in [4.69, 9.17) is 10.5 Å². The van der Waals surface area contributed by atoms with Crippen molar-refractivity contribution in [2.75, 3.05) is 6.61 Å². The van der Waals surface area contributed by atoms with Crippen molar-refractivity contribution in [1.29, 1.82) is 0 Å². The largest absolute Gasteiger partial charge is 0.461 e. The standard InChI is InChI=1S/C18H19NO2/c1-2-21-18(20)17(19)13-16-11-7-6-10-15(16)12-14-8-4-3-5-9-14/h3-11,13H,2,12,19H2,1H3. The molecule has 0 amide bonds. The summed E-state index contributed by atoms with van der Waals surface area (Å²) in [6.45, 7) is 2.08. The van der Waals surface area contributed by atoms with Gasteiger partial charge in [-0.1, -0.05) is 54.6 Å². The van der Waals surface area contributed by atoms with Gasteiger partial charge in [0.25, 0.3) is 0 Å². The van der Waals surface area contributed by atoms with E-state index >= 15 is 0 Å². The number of benzene rings is 2. The fourth-order valence-electron chi connectivity index (χ4n) is 2.09. The number of rotatable bonds is 5. The molecule has 0 saturated carbocycles. The Morgan fingerprint density at radius 2 is 1.76 bits per heavy atom. The lowest BCUT2D eigenvalue weighted by Gasteiger charge is -2.07. The Kier molecular flexibility index (Phi) is 5.16. The smallest absolute Gasteiger partial charge is 0.354 e. The van der Waals surface area contributed by atoms with E-state index in [2.05, 4.69) is 12.1 Å². The summed E-state index contributed by atoms with van der Waals surface area (Å²) in [7, 11) is 0. The van der Waals surface area contributed by atoms with Gasteiger partial charge in [0, 0.05) is 0 Å². The molecule has 0 heterocycles. The normalized spacial score (nSPS) is 11.2. The van der Waals surface area contributed by atoms with Crippen LogP contribution in [0.4, 0.5) is 0 Å². The van der Waals surface area contributed by atoms with E-state index in [0.717, 1.165) is 17.5 Å². The van der Waals surface area contributed by atoms with Crippen molar-refractivity contribution >= 4 is 12.0 Å². The maximum atomic E-state index is 11.6. The number of ether oxygens (including phenoxy) is 1. The second kappa shape index (κ2) is 7.29. The predicted molar refractivity (Wildman–Crippen MR) is 84.5 cm³/mol. The second-order valence-electron chi connectivity index (χ2n) is 4.68. The minimum absolute atomic E-state index is 0.123. The van der Waals surface area contributed by atoms with Crippen LogP contribution in [-0.4, -0.2) is 12.6 Å². The van der Waals surface area contributed by atoms with Gasteiger partial charge in [-0.25, -0.2) is 4.79 Å². The van der Waals surface area contributed by atoms with E-state index in [0.29, 0.717) is 6.61 Å². The molecule has 3 heteroatoms. The zero-order chi connectivity index (χ0) is 15.1. The molecule has 3 nitrogen and oxygen atoms in total. The minimum atomic E-state index is -0.480. The van der Waals surface area contributed by atoms with Crippen molar-refractivity contribution in [2.24, 2.45) is 5.73 Å². The highest BCUT2D eigenvalue weighted by atomic mass is 16.5. The summed E-state index contributed by atoms with van der Waals surface area (Å²) in [6.07, 6.45) is 2.47. The fraction of sp³-hybridized carbons (Fsp3) is 0.167. The zero-order valence-corrected chi connectivity index (χ0v) is 12.1. The van der Waals surface area contributed by atoms with Crippen molar-refractivity contribution in [3.63, 3.8) is 0 Å². The van der Waals surface area contributed by atoms with Crippen molar-refractivity contribution in [1.82, 2.24) is 0 Å². The van der Waals surface area contributed by atoms with E-state index in [1.54, 1.807) is 13.0 Å². The third kappa shape index (κ3) is 4.21. The highest BCUT2D eigenvalue weighted by Crippen LogP contribution is 2.16. The summed E-state index contributed by atoms with van der Waals surface area (Å²) < 4.78 is 4.90. The molecule has 2 aromatic carbocycles. The lowest BCUT2D eigenvalue weighted by Crippen LogP contribution is -2.14. The first-order chi connectivity index (χ1) is 10.2. The molecule has 0 aliphatic rings. The van der Waals surface area contributed by atoms with Gasteiger partial charge in [-0.05, 0) is 36.1 Å². The number of nitrogens with two attached hydrogens (primary N) is 1. The number of hydrogen-bond acceptors (Lipinski definition) is 3. The molecule has 2 N–H and O–H groups in total. The number of carbonyl (C=O) groups is 1. The Bertz CT molecular complexity index is 633. The van der Waals surface area contributed by atoms with Crippen LogP contribution in [0.15, 0.2) is 60.3 Å². The van der Waals surface area contributed by atoms with E-state index in [1.165, 1.54) is 5.56 Å². The first-order valence-corrected chi connectivity index (χ1v) is 6.97. The average molecular weight is 281 g/mol. The van der Waals surface area contributed by atoms with Gasteiger partial charge in [0.2, 0.25) is 0 Å². The molecule has 0 aliphatic carbocycles. The van der Waals surface area contributed by atoms with E-state index in [-0.39, 0.29) is 5.70 Å². The number of hydrogen-bond donors (Lipinski definition) is 1. The van der Waals surface area contributed by atoms with E-state index < -0.39 is 5.97 Å². The van der Waals surface area contributed by atoms with Crippen LogP contribution in [0.2, 0.25) is 0 Å². The maximum Gasteiger partial charge on any atom is 0.354 e. The molecule has 2 aromatic rings. The molecule has 0 aliphatic heterocycles. The van der Waals surface area contributed by atoms with Crippen molar-refractivity contribution < 1.29 is 9.53 Å². The summed E-state index contributed by atoms with van der Waals surface area (Å²) in [4.78, 5) is 11.6. The Balaban J connectivity index is 2.25. The van der Waals surface area contributed by atoms with Crippen LogP contribution in [0.1, 0.15) is 23.6 Å². The molecule has 0 spiro atoms. The van der Waals surface area contributed by atoms with Gasteiger partial charge in [0.15, 0.2) is 0 Å². The molecular weight excluding hydrogens is 262 g/mol. The topological polar surface area (TPSA) is 52.3 Å². The van der Waals surface area contributed by atoms with Crippen LogP contribution in [0, 0.1) is 0 Å². The Morgan fingerprint density at radius 1 is 1.10 bits per heavy atom. The molecule has 0 unspecified atom stereocenters. The summed E-state index contributed by atoms with van der Waals surface area (Å²) >= 11 is 0. The molecule has 0 atom stereocenters. The third-order valence-corrected chi connectivity index (χ3v) is 3.11. The molecule has 2 rings (SSSR count). The lowest BCUT2D eigenvalue weighted by atomic mass is 9.99. The quantitative estimate of drug-likeness (QED) is 0.676. The van der Waals surface area contributed by atoms with Gasteiger partial charge in [-0.3, -0.25) is 0 Å². The van der Waals surface area contributed by atoms with Gasteiger partial charge in [-0.2, -0.15) is 0 Å². The summed E-state index contributed by atoms with van der Waals surface area (Å²) in [6, 6.07) is 18.1. The molecule has 0 fully saturated rings. The number of carbonyl (C=O) groups excluding carboxylic acids is 1. The zero-order valence-electron chi connectivity index (χ0n) is 12.1. The third-order valence-electron chi connectivity index (χ3n) is 3.11. The number of esters is 1. The molecule has 0 saturated heterocycles. The Morgan fingerprint density at radius 3 is 2.48 bits per heavy atom. The summed E-state index contributed by atoms with van der Waals surface area (Å²) in [5.41, 5.74) is 9.18. The van der Waals surface area contributed by atoms with Gasteiger partial charge < -0.3 is 10.5 Å². The van der Waals surface area contributed by atoms with Crippen molar-refractivity contribution in [3.05, 3.63) is 77.0 Å². The maximum absolute atomic E-state index is 11.6. The van der Waals surface area contributed by atoms with Gasteiger partial charge in [0.1, 0.15) is 5.70 Å². The van der Waals surface area contributed by atoms with Crippen LogP contribution in [0.3, 0.4) is 0 Å². The van der Waals surface area contributed by atoms with E-state index in [1.807, 2.05) is 42.5 Å². The van der Waals surface area contributed by atoms with Gasteiger partial charge in [0.05, 0.1) is 6.61 Å². The van der Waals surface area contributed by atoms with Crippen molar-refractivity contribution in [2.45, 2.75) is 13.3 Å². The van der Waals surface area contributed by atoms with E-state index in [9.17, 15) is 4.79 Å². The Labute approximate surface area is 125 Å². The summed E-state index contributed by atoms with van der Waals surface area (Å²) in [5, 5.41) is 0. The average Bonchev–Trinajstić information content (AvgIpc) is 2.50. The highest BCUT2D eigenvalue weighted by Gasteiger charge is 2.07. The first-order valence-electron chi connectivity index (χ1n) is 6.97. The molecule has 21 heavy (non-hydrogen) atoms. The van der Waals surface area contributed by atoms with Gasteiger partial charge in [-0.15, -0.1) is 0 Å². The Hall–Kier alpha value is -2.55. The van der Waals surface area contributed by atoms with Gasteiger partial charge >= 0.3 is 5.97 Å². The van der Waals surface area contributed by atoms with Crippen LogP contribution in [-0.2, 0) is 16.0 Å². The monoisotopic (exact) mass is 281 g/mol.